The zero-order valence-corrected chi connectivity index (χ0v) is 13.6. The number of aromatic nitrogens is 2. The molecule has 0 unspecified atom stereocenters. The Labute approximate surface area is 138 Å². The normalized spacial score (nSPS) is 10.8. The number of hydrogen-bond acceptors (Lipinski definition) is 4. The van der Waals surface area contributed by atoms with E-state index >= 15 is 0 Å². The van der Waals surface area contributed by atoms with Crippen LogP contribution in [0.25, 0.3) is 16.6 Å². The highest BCUT2D eigenvalue weighted by Crippen LogP contribution is 2.18. The van der Waals surface area contributed by atoms with Crippen LogP contribution in [0.2, 0.25) is 0 Å². The van der Waals surface area contributed by atoms with Crippen LogP contribution < -0.4 is 5.56 Å². The third-order valence-corrected chi connectivity index (χ3v) is 3.97. The summed E-state index contributed by atoms with van der Waals surface area (Å²) in [4.78, 5) is 27.6. The van der Waals surface area contributed by atoms with Crippen molar-refractivity contribution in [3.63, 3.8) is 0 Å². The fourth-order valence-electron chi connectivity index (χ4n) is 2.32. The third-order valence-electron chi connectivity index (χ3n) is 3.30. The lowest BCUT2D eigenvalue weighted by molar-refractivity contribution is -0.384. The van der Waals surface area contributed by atoms with Crippen molar-refractivity contribution in [3.8, 4) is 5.69 Å². The molecule has 0 N–H and O–H groups in total. The summed E-state index contributed by atoms with van der Waals surface area (Å²) < 4.78 is 2.32. The fraction of sp³-hybridized carbons (Fsp3) is 0.0667. The van der Waals surface area contributed by atoms with Crippen molar-refractivity contribution in [3.05, 3.63) is 72.3 Å². The van der Waals surface area contributed by atoms with Gasteiger partial charge in [0.05, 0.1) is 21.5 Å². The first kappa shape index (κ1) is 14.6. The molecule has 3 aromatic rings. The molecular formula is C15H10IN3O3. The molecule has 0 aliphatic heterocycles. The standard InChI is InChI=1S/C15H10IN3O3/c1-9-17-14-6-5-10(16)7-13(14)15(20)18(9)11-3-2-4-12(8-11)19(21)22/h2-8H,1H3. The maximum Gasteiger partial charge on any atom is 0.271 e. The lowest BCUT2D eigenvalue weighted by Gasteiger charge is -2.10. The van der Waals surface area contributed by atoms with Crippen LogP contribution in [0.1, 0.15) is 5.82 Å². The molecule has 0 amide bonds. The van der Waals surface area contributed by atoms with Crippen molar-refractivity contribution in [1.82, 2.24) is 9.55 Å². The molecule has 0 saturated heterocycles. The summed E-state index contributed by atoms with van der Waals surface area (Å²) in [6.07, 6.45) is 0. The highest BCUT2D eigenvalue weighted by molar-refractivity contribution is 14.1. The first-order valence-electron chi connectivity index (χ1n) is 6.41. The number of aryl methyl sites for hydroxylation is 1. The Morgan fingerprint density at radius 3 is 2.73 bits per heavy atom. The van der Waals surface area contributed by atoms with Crippen LogP contribution in [-0.2, 0) is 0 Å². The van der Waals surface area contributed by atoms with Gasteiger partial charge in [0, 0.05) is 15.7 Å². The lowest BCUT2D eigenvalue weighted by Crippen LogP contribution is -2.22. The van der Waals surface area contributed by atoms with Crippen molar-refractivity contribution >= 4 is 39.2 Å². The van der Waals surface area contributed by atoms with Gasteiger partial charge >= 0.3 is 0 Å². The first-order valence-corrected chi connectivity index (χ1v) is 7.49. The summed E-state index contributed by atoms with van der Waals surface area (Å²) in [5.41, 5.74) is 0.752. The Morgan fingerprint density at radius 2 is 2.00 bits per heavy atom. The van der Waals surface area contributed by atoms with Gasteiger partial charge < -0.3 is 0 Å². The van der Waals surface area contributed by atoms with Gasteiger partial charge in [0.25, 0.3) is 11.2 Å². The highest BCUT2D eigenvalue weighted by Gasteiger charge is 2.13. The second-order valence-electron chi connectivity index (χ2n) is 4.74. The van der Waals surface area contributed by atoms with E-state index in [0.29, 0.717) is 22.4 Å². The minimum absolute atomic E-state index is 0.0634. The average Bonchev–Trinajstić information content (AvgIpc) is 2.48. The monoisotopic (exact) mass is 407 g/mol. The molecule has 0 radical (unpaired) electrons. The predicted octanol–water partition coefficient (Wildman–Crippen LogP) is 3.21. The van der Waals surface area contributed by atoms with E-state index in [2.05, 4.69) is 27.6 Å². The summed E-state index contributed by atoms with van der Waals surface area (Å²) in [6, 6.07) is 11.4. The average molecular weight is 407 g/mol. The van der Waals surface area contributed by atoms with E-state index in [1.54, 1.807) is 31.2 Å². The van der Waals surface area contributed by atoms with Gasteiger partial charge in [-0.1, -0.05) is 6.07 Å². The molecule has 0 atom stereocenters. The summed E-state index contributed by atoms with van der Waals surface area (Å²) >= 11 is 2.13. The van der Waals surface area contributed by atoms with E-state index in [1.807, 2.05) is 6.07 Å². The number of fused-ring (bicyclic) bond motifs is 1. The molecule has 7 heteroatoms. The molecule has 2 aromatic carbocycles. The summed E-state index contributed by atoms with van der Waals surface area (Å²) in [5.74, 6) is 0.485. The van der Waals surface area contributed by atoms with Crippen molar-refractivity contribution < 1.29 is 4.92 Å². The first-order chi connectivity index (χ1) is 10.5. The van der Waals surface area contributed by atoms with Crippen molar-refractivity contribution in [2.75, 3.05) is 0 Å². The van der Waals surface area contributed by atoms with Gasteiger partial charge in [0.15, 0.2) is 0 Å². The van der Waals surface area contributed by atoms with Gasteiger partial charge in [-0.25, -0.2) is 4.98 Å². The Kier molecular flexibility index (Phi) is 3.65. The third kappa shape index (κ3) is 2.47. The van der Waals surface area contributed by atoms with Gasteiger partial charge in [-0.15, -0.1) is 0 Å². The molecule has 0 fully saturated rings. The van der Waals surface area contributed by atoms with Crippen molar-refractivity contribution in [2.45, 2.75) is 6.92 Å². The zero-order chi connectivity index (χ0) is 15.9. The minimum Gasteiger partial charge on any atom is -0.268 e. The Morgan fingerprint density at radius 1 is 1.23 bits per heavy atom. The van der Waals surface area contributed by atoms with Gasteiger partial charge in [-0.05, 0) is 53.8 Å². The van der Waals surface area contributed by atoms with Crippen LogP contribution in [-0.4, -0.2) is 14.5 Å². The Balaban J connectivity index is 2.33. The molecule has 0 saturated carbocycles. The highest BCUT2D eigenvalue weighted by atomic mass is 127. The lowest BCUT2D eigenvalue weighted by atomic mass is 10.2. The maximum absolute atomic E-state index is 12.7. The molecule has 0 spiro atoms. The molecule has 110 valence electrons. The summed E-state index contributed by atoms with van der Waals surface area (Å²) in [7, 11) is 0. The van der Waals surface area contributed by atoms with E-state index in [1.165, 1.54) is 16.7 Å². The quantitative estimate of drug-likeness (QED) is 0.371. The molecule has 1 heterocycles. The summed E-state index contributed by atoms with van der Waals surface area (Å²) in [5, 5.41) is 11.4. The number of nitrogens with zero attached hydrogens (tertiary/aromatic N) is 3. The van der Waals surface area contributed by atoms with Crippen LogP contribution in [0.3, 0.4) is 0 Å². The van der Waals surface area contributed by atoms with Crippen LogP contribution in [0.15, 0.2) is 47.3 Å². The van der Waals surface area contributed by atoms with E-state index < -0.39 is 4.92 Å². The number of nitro groups is 1. The fourth-order valence-corrected chi connectivity index (χ4v) is 2.81. The van der Waals surface area contributed by atoms with Gasteiger partial charge in [0.2, 0.25) is 0 Å². The number of non-ortho nitro benzene ring substituents is 1. The Hall–Kier alpha value is -2.29. The molecular weight excluding hydrogens is 397 g/mol. The predicted molar refractivity (Wildman–Crippen MR) is 91.4 cm³/mol. The number of hydrogen-bond donors (Lipinski definition) is 0. The summed E-state index contributed by atoms with van der Waals surface area (Å²) in [6.45, 7) is 1.71. The molecule has 6 nitrogen and oxygen atoms in total. The van der Waals surface area contributed by atoms with Crippen molar-refractivity contribution in [1.29, 1.82) is 0 Å². The smallest absolute Gasteiger partial charge is 0.268 e. The van der Waals surface area contributed by atoms with Crippen LogP contribution in [0.5, 0.6) is 0 Å². The van der Waals surface area contributed by atoms with E-state index in [4.69, 9.17) is 0 Å². The number of rotatable bonds is 2. The molecule has 1 aromatic heterocycles. The SMILES string of the molecule is Cc1nc2ccc(I)cc2c(=O)n1-c1cccc([N+](=O)[O-])c1. The molecule has 22 heavy (non-hydrogen) atoms. The second kappa shape index (κ2) is 5.48. The number of nitro benzene ring substituents is 1. The molecule has 3 rings (SSSR count). The van der Waals surface area contributed by atoms with Crippen LogP contribution in [0, 0.1) is 20.6 Å². The van der Waals surface area contributed by atoms with Crippen LogP contribution >= 0.6 is 22.6 Å². The maximum atomic E-state index is 12.7. The van der Waals surface area contributed by atoms with Gasteiger partial charge in [-0.3, -0.25) is 19.5 Å². The van der Waals surface area contributed by atoms with Gasteiger partial charge in [0.1, 0.15) is 5.82 Å². The molecule has 0 aliphatic rings. The topological polar surface area (TPSA) is 78.0 Å². The van der Waals surface area contributed by atoms with E-state index in [9.17, 15) is 14.9 Å². The number of halogens is 1. The Bertz CT molecular complexity index is 966. The van der Waals surface area contributed by atoms with Gasteiger partial charge in [-0.2, -0.15) is 0 Å². The van der Waals surface area contributed by atoms with Crippen LogP contribution in [0.4, 0.5) is 5.69 Å². The number of benzene rings is 2. The molecule has 0 bridgehead atoms. The largest absolute Gasteiger partial charge is 0.271 e. The van der Waals surface area contributed by atoms with Crippen molar-refractivity contribution in [2.24, 2.45) is 0 Å². The van der Waals surface area contributed by atoms with E-state index in [0.717, 1.165) is 3.57 Å². The van der Waals surface area contributed by atoms with E-state index in [-0.39, 0.29) is 11.2 Å². The molecule has 0 aliphatic carbocycles. The minimum atomic E-state index is -0.485. The zero-order valence-electron chi connectivity index (χ0n) is 11.5. The second-order valence-corrected chi connectivity index (χ2v) is 5.98.